The molecular weight excluding hydrogens is 250 g/mol. The van der Waals surface area contributed by atoms with Gasteiger partial charge in [0, 0.05) is 24.8 Å². The number of rotatable bonds is 3. The topological polar surface area (TPSA) is 68.9 Å². The molecule has 96 valence electrons. The second kappa shape index (κ2) is 6.03. The number of nitrogens with one attached hydrogen (secondary N) is 1. The number of aliphatic hydroxyl groups is 1. The van der Waals surface area contributed by atoms with Gasteiger partial charge in [-0.05, 0) is 18.9 Å². The van der Waals surface area contributed by atoms with Crippen molar-refractivity contribution >= 4 is 17.4 Å². The maximum absolute atomic E-state index is 9.35. The largest absolute Gasteiger partial charge is 0.396 e. The third-order valence-corrected chi connectivity index (χ3v) is 3.72. The van der Waals surface area contributed by atoms with Crippen LogP contribution in [-0.2, 0) is 0 Å². The van der Waals surface area contributed by atoms with E-state index in [9.17, 15) is 5.11 Å². The zero-order chi connectivity index (χ0) is 13.0. The lowest BCUT2D eigenvalue weighted by Crippen LogP contribution is -2.34. The van der Waals surface area contributed by atoms with Crippen LogP contribution >= 0.6 is 11.6 Å². The number of pyridine rings is 1. The van der Waals surface area contributed by atoms with Crippen molar-refractivity contribution in [1.29, 1.82) is 5.26 Å². The van der Waals surface area contributed by atoms with Crippen LogP contribution < -0.4 is 5.32 Å². The molecule has 1 fully saturated rings. The lowest BCUT2D eigenvalue weighted by atomic mass is 9.85. The van der Waals surface area contributed by atoms with E-state index in [1.54, 1.807) is 6.07 Å². The second-order valence-corrected chi connectivity index (χ2v) is 5.05. The molecule has 1 heterocycles. The van der Waals surface area contributed by atoms with Crippen LogP contribution in [0, 0.1) is 17.2 Å². The summed E-state index contributed by atoms with van der Waals surface area (Å²) >= 11 is 6.08. The number of hydrogen-bond acceptors (Lipinski definition) is 4. The molecule has 2 atom stereocenters. The molecule has 0 bridgehead atoms. The highest BCUT2D eigenvalue weighted by Gasteiger charge is 2.25. The quantitative estimate of drug-likeness (QED) is 0.881. The maximum atomic E-state index is 9.35. The number of aliphatic hydroxyl groups excluding tert-OH is 1. The van der Waals surface area contributed by atoms with Crippen LogP contribution in [0.2, 0.25) is 5.02 Å². The molecule has 0 saturated heterocycles. The summed E-state index contributed by atoms with van der Waals surface area (Å²) in [6.45, 7) is 0.186. The van der Waals surface area contributed by atoms with Gasteiger partial charge in [-0.3, -0.25) is 0 Å². The minimum Gasteiger partial charge on any atom is -0.396 e. The first-order valence-corrected chi connectivity index (χ1v) is 6.55. The van der Waals surface area contributed by atoms with Crippen molar-refractivity contribution in [2.75, 3.05) is 11.9 Å². The van der Waals surface area contributed by atoms with Crippen molar-refractivity contribution in [2.45, 2.75) is 31.7 Å². The lowest BCUT2D eigenvalue weighted by molar-refractivity contribution is 0.178. The number of nitriles is 1. The fourth-order valence-corrected chi connectivity index (χ4v) is 2.62. The summed E-state index contributed by atoms with van der Waals surface area (Å²) in [5, 5.41) is 21.9. The van der Waals surface area contributed by atoms with E-state index in [1.807, 2.05) is 6.07 Å². The molecule has 0 aliphatic heterocycles. The molecule has 0 radical (unpaired) electrons. The Morgan fingerprint density at radius 3 is 2.94 bits per heavy atom. The summed E-state index contributed by atoms with van der Waals surface area (Å²) in [6, 6.07) is 3.82. The van der Waals surface area contributed by atoms with E-state index in [2.05, 4.69) is 10.3 Å². The summed E-state index contributed by atoms with van der Waals surface area (Å²) < 4.78 is 0. The molecule has 0 spiro atoms. The van der Waals surface area contributed by atoms with Gasteiger partial charge in [0.25, 0.3) is 0 Å². The van der Waals surface area contributed by atoms with Gasteiger partial charge < -0.3 is 10.4 Å². The van der Waals surface area contributed by atoms with Crippen molar-refractivity contribution in [3.63, 3.8) is 0 Å². The Morgan fingerprint density at radius 1 is 1.50 bits per heavy atom. The molecule has 5 heteroatoms. The first kappa shape index (κ1) is 13.1. The monoisotopic (exact) mass is 265 g/mol. The van der Waals surface area contributed by atoms with E-state index >= 15 is 0 Å². The van der Waals surface area contributed by atoms with Gasteiger partial charge in [-0.25, -0.2) is 4.98 Å². The zero-order valence-electron chi connectivity index (χ0n) is 10.1. The Balaban J connectivity index is 2.10. The number of halogens is 1. The minimum atomic E-state index is 0.186. The smallest absolute Gasteiger partial charge is 0.145 e. The van der Waals surface area contributed by atoms with Gasteiger partial charge in [-0.2, -0.15) is 5.26 Å². The molecule has 2 rings (SSSR count). The Labute approximate surface area is 112 Å². The third-order valence-electron chi connectivity index (χ3n) is 3.44. The molecule has 4 nitrogen and oxygen atoms in total. The molecule has 18 heavy (non-hydrogen) atoms. The van der Waals surface area contributed by atoms with Crippen LogP contribution in [-0.4, -0.2) is 22.7 Å². The molecule has 1 aromatic rings. The molecule has 1 aliphatic carbocycles. The van der Waals surface area contributed by atoms with Crippen LogP contribution in [0.15, 0.2) is 12.3 Å². The number of hydrogen-bond donors (Lipinski definition) is 2. The van der Waals surface area contributed by atoms with Crippen LogP contribution in [0.4, 0.5) is 5.82 Å². The molecule has 1 saturated carbocycles. The fourth-order valence-electron chi connectivity index (χ4n) is 2.40. The normalized spacial score (nSPS) is 23.4. The summed E-state index contributed by atoms with van der Waals surface area (Å²) in [5.41, 5.74) is 0.452. The van der Waals surface area contributed by atoms with Crippen molar-refractivity contribution in [2.24, 2.45) is 5.92 Å². The summed E-state index contributed by atoms with van der Waals surface area (Å²) in [5.74, 6) is 0.855. The van der Waals surface area contributed by atoms with Crippen LogP contribution in [0.3, 0.4) is 0 Å². The predicted molar refractivity (Wildman–Crippen MR) is 70.4 cm³/mol. The molecule has 0 unspecified atom stereocenters. The van der Waals surface area contributed by atoms with Crippen molar-refractivity contribution < 1.29 is 5.11 Å². The SMILES string of the molecule is N#Cc1cnc(N[C@H]2CCCC[C@H]2CO)c(Cl)c1. The highest BCUT2D eigenvalue weighted by molar-refractivity contribution is 6.33. The summed E-state index contributed by atoms with van der Waals surface area (Å²) in [4.78, 5) is 4.16. The van der Waals surface area contributed by atoms with E-state index in [0.717, 1.165) is 25.7 Å². The van der Waals surface area contributed by atoms with E-state index in [1.165, 1.54) is 6.20 Å². The molecular formula is C13H16ClN3O. The Kier molecular flexibility index (Phi) is 4.40. The van der Waals surface area contributed by atoms with Gasteiger partial charge >= 0.3 is 0 Å². The van der Waals surface area contributed by atoms with E-state index in [0.29, 0.717) is 16.4 Å². The standard InChI is InChI=1S/C13H16ClN3O/c14-11-5-9(6-15)7-16-13(11)17-12-4-2-1-3-10(12)8-18/h5,7,10,12,18H,1-4,8H2,(H,16,17)/t10-,12-/m0/s1. The van der Waals surface area contributed by atoms with Gasteiger partial charge in [0.15, 0.2) is 0 Å². The average Bonchev–Trinajstić information content (AvgIpc) is 2.41. The Hall–Kier alpha value is -1.31. The fraction of sp³-hybridized carbons (Fsp3) is 0.538. The summed E-state index contributed by atoms with van der Waals surface area (Å²) in [7, 11) is 0. The van der Waals surface area contributed by atoms with E-state index in [4.69, 9.17) is 16.9 Å². The van der Waals surface area contributed by atoms with Gasteiger partial charge in [-0.1, -0.05) is 24.4 Å². The average molecular weight is 266 g/mol. The number of aromatic nitrogens is 1. The van der Waals surface area contributed by atoms with Crippen molar-refractivity contribution in [1.82, 2.24) is 4.98 Å². The van der Waals surface area contributed by atoms with E-state index < -0.39 is 0 Å². The van der Waals surface area contributed by atoms with E-state index in [-0.39, 0.29) is 18.6 Å². The second-order valence-electron chi connectivity index (χ2n) is 4.64. The minimum absolute atomic E-state index is 0.186. The third kappa shape index (κ3) is 2.92. The van der Waals surface area contributed by atoms with Gasteiger partial charge in [-0.15, -0.1) is 0 Å². The van der Waals surface area contributed by atoms with Crippen molar-refractivity contribution in [3.8, 4) is 6.07 Å². The zero-order valence-corrected chi connectivity index (χ0v) is 10.8. The van der Waals surface area contributed by atoms with Crippen molar-refractivity contribution in [3.05, 3.63) is 22.8 Å². The van der Waals surface area contributed by atoms with Crippen LogP contribution in [0.25, 0.3) is 0 Å². The maximum Gasteiger partial charge on any atom is 0.145 e. The first-order valence-electron chi connectivity index (χ1n) is 6.17. The predicted octanol–water partition coefficient (Wildman–Crippen LogP) is 2.57. The number of anilines is 1. The Bertz CT molecular complexity index is 458. The summed E-state index contributed by atoms with van der Waals surface area (Å²) in [6.07, 6.45) is 5.87. The van der Waals surface area contributed by atoms with Gasteiger partial charge in [0.1, 0.15) is 11.9 Å². The molecule has 2 N–H and O–H groups in total. The Morgan fingerprint density at radius 2 is 2.28 bits per heavy atom. The molecule has 0 amide bonds. The first-order chi connectivity index (χ1) is 8.74. The molecule has 0 aromatic carbocycles. The molecule has 1 aromatic heterocycles. The highest BCUT2D eigenvalue weighted by Crippen LogP contribution is 2.29. The highest BCUT2D eigenvalue weighted by atomic mass is 35.5. The van der Waals surface area contributed by atoms with Crippen LogP contribution in [0.1, 0.15) is 31.2 Å². The lowest BCUT2D eigenvalue weighted by Gasteiger charge is -2.31. The number of nitrogens with zero attached hydrogens (tertiary/aromatic N) is 2. The van der Waals surface area contributed by atoms with Gasteiger partial charge in [0.05, 0.1) is 10.6 Å². The van der Waals surface area contributed by atoms with Crippen LogP contribution in [0.5, 0.6) is 0 Å². The van der Waals surface area contributed by atoms with Gasteiger partial charge in [0.2, 0.25) is 0 Å². The molecule has 1 aliphatic rings.